The van der Waals surface area contributed by atoms with Crippen molar-refractivity contribution in [3.8, 4) is 0 Å². The molecule has 0 radical (unpaired) electrons. The van der Waals surface area contributed by atoms with Gasteiger partial charge < -0.3 is 89.9 Å². The lowest BCUT2D eigenvalue weighted by molar-refractivity contribution is -0.379. The molecule has 3 aliphatic heterocycles. The Labute approximate surface area is 370 Å². The molecule has 3 heterocycles. The van der Waals surface area contributed by atoms with Crippen LogP contribution in [0.15, 0.2) is 36.5 Å². The van der Waals surface area contributed by atoms with E-state index in [2.05, 4.69) is 36.5 Å². The maximum Gasteiger partial charge on any atom is 0.220 e. The topological polar surface area (TPSA) is 307 Å². The minimum absolute atomic E-state index is 0.223. The number of carbonyl (C=O) groups is 1. The zero-order valence-corrected chi connectivity index (χ0v) is 36.8. The minimum atomic E-state index is -1.98. The van der Waals surface area contributed by atoms with E-state index >= 15 is 0 Å². The van der Waals surface area contributed by atoms with E-state index in [1.54, 1.807) is 6.08 Å². The van der Waals surface area contributed by atoms with Crippen molar-refractivity contribution in [2.24, 2.45) is 0 Å². The zero-order valence-electron chi connectivity index (χ0n) is 36.8. The minimum Gasteiger partial charge on any atom is -0.394 e. The highest BCUT2D eigenvalue weighted by Gasteiger charge is 2.53. The summed E-state index contributed by atoms with van der Waals surface area (Å²) in [6, 6.07) is -0.973. The highest BCUT2D eigenvalue weighted by atomic mass is 16.8. The smallest absolute Gasteiger partial charge is 0.220 e. The lowest BCUT2D eigenvalue weighted by atomic mass is 9.96. The van der Waals surface area contributed by atoms with E-state index in [1.165, 1.54) is 25.3 Å². The first kappa shape index (κ1) is 55.3. The summed E-state index contributed by atoms with van der Waals surface area (Å²) < 4.78 is 33.8. The molecule has 17 atom stereocenters. The van der Waals surface area contributed by atoms with Gasteiger partial charge in [0, 0.05) is 6.42 Å². The molecule has 3 saturated heterocycles. The van der Waals surface area contributed by atoms with E-state index in [0.29, 0.717) is 12.8 Å². The van der Waals surface area contributed by atoms with E-state index < -0.39 is 124 Å². The third-order valence-corrected chi connectivity index (χ3v) is 11.4. The fourth-order valence-electron chi connectivity index (χ4n) is 7.52. The molecule has 3 rings (SSSR count). The average Bonchev–Trinajstić information content (AvgIpc) is 3.28. The van der Waals surface area contributed by atoms with E-state index in [9.17, 15) is 61.0 Å². The van der Waals surface area contributed by atoms with Gasteiger partial charge in [-0.2, -0.15) is 0 Å². The molecule has 12 N–H and O–H groups in total. The quantitative estimate of drug-likeness (QED) is 0.0332. The van der Waals surface area contributed by atoms with Crippen LogP contribution in [0.2, 0.25) is 0 Å². The first-order valence-electron chi connectivity index (χ1n) is 22.7. The molecule has 3 aliphatic rings. The van der Waals surface area contributed by atoms with Crippen molar-refractivity contribution in [1.29, 1.82) is 0 Å². The number of aliphatic hydroxyl groups excluding tert-OH is 11. The van der Waals surface area contributed by atoms with Gasteiger partial charge in [0.05, 0.1) is 38.6 Å². The van der Waals surface area contributed by atoms with Crippen molar-refractivity contribution in [3.63, 3.8) is 0 Å². The van der Waals surface area contributed by atoms with Gasteiger partial charge in [0.15, 0.2) is 18.9 Å². The SMILES string of the molecule is CCC/C=C/C(O)C(COC1OC(CO)C(OC2OC(CO)C(OC3OC(CO)C(O)C(O)C3O)C(O)C2O)C(O)C1O)NC(=O)CCCCCCC/C=C\C/C=C\CCCCC. The van der Waals surface area contributed by atoms with Gasteiger partial charge in [0.1, 0.15) is 73.2 Å². The predicted molar refractivity (Wildman–Crippen MR) is 226 cm³/mol. The molecular weight excluding hydrogens is 830 g/mol. The second-order valence-electron chi connectivity index (χ2n) is 16.5. The number of rotatable bonds is 29. The second-order valence-corrected chi connectivity index (χ2v) is 16.5. The van der Waals surface area contributed by atoms with Crippen molar-refractivity contribution in [1.82, 2.24) is 5.32 Å². The number of hydrogen-bond donors (Lipinski definition) is 12. The first-order chi connectivity index (χ1) is 30.3. The maximum absolute atomic E-state index is 13.0. The maximum atomic E-state index is 13.0. The monoisotopic (exact) mass is 908 g/mol. The first-order valence-corrected chi connectivity index (χ1v) is 22.7. The largest absolute Gasteiger partial charge is 0.394 e. The Morgan fingerprint density at radius 2 is 1.08 bits per heavy atom. The van der Waals surface area contributed by atoms with Crippen LogP contribution in [0.1, 0.15) is 104 Å². The van der Waals surface area contributed by atoms with Crippen LogP contribution in [0, 0.1) is 0 Å². The highest BCUT2D eigenvalue weighted by Crippen LogP contribution is 2.33. The number of amides is 1. The summed E-state index contributed by atoms with van der Waals surface area (Å²) >= 11 is 0. The normalized spacial score (nSPS) is 35.2. The van der Waals surface area contributed by atoms with Crippen LogP contribution in [0.4, 0.5) is 0 Å². The molecule has 0 saturated carbocycles. The fourth-order valence-corrected chi connectivity index (χ4v) is 7.52. The van der Waals surface area contributed by atoms with Crippen molar-refractivity contribution in [3.05, 3.63) is 36.5 Å². The Bertz CT molecular complexity index is 1320. The summed E-state index contributed by atoms with van der Waals surface area (Å²) in [4.78, 5) is 13.0. The molecule has 3 fully saturated rings. The lowest BCUT2D eigenvalue weighted by Crippen LogP contribution is -2.66. The van der Waals surface area contributed by atoms with Crippen molar-refractivity contribution >= 4 is 5.91 Å². The summed E-state index contributed by atoms with van der Waals surface area (Å²) in [6.45, 7) is 1.38. The van der Waals surface area contributed by atoms with E-state index in [4.69, 9.17) is 28.4 Å². The van der Waals surface area contributed by atoms with Crippen LogP contribution in [0.3, 0.4) is 0 Å². The molecule has 0 bridgehead atoms. The Morgan fingerprint density at radius 1 is 0.571 bits per heavy atom. The lowest BCUT2D eigenvalue weighted by Gasteiger charge is -2.48. The number of ether oxygens (including phenoxy) is 6. The number of unbranched alkanes of at least 4 members (excludes halogenated alkanes) is 9. The zero-order chi connectivity index (χ0) is 46.3. The van der Waals surface area contributed by atoms with Crippen molar-refractivity contribution in [2.45, 2.75) is 208 Å². The van der Waals surface area contributed by atoms with Crippen LogP contribution >= 0.6 is 0 Å². The Kier molecular flexibility index (Phi) is 26.6. The number of aliphatic hydroxyl groups is 11. The Morgan fingerprint density at radius 3 is 1.65 bits per heavy atom. The number of nitrogens with one attached hydrogen (secondary N) is 1. The molecule has 0 spiro atoms. The summed E-state index contributed by atoms with van der Waals surface area (Å²) in [6.07, 6.45) is -1.45. The molecule has 0 aromatic rings. The van der Waals surface area contributed by atoms with Gasteiger partial charge in [-0.25, -0.2) is 0 Å². The molecule has 19 heteroatoms. The Balaban J connectivity index is 1.51. The van der Waals surface area contributed by atoms with E-state index in [-0.39, 0.29) is 18.9 Å². The van der Waals surface area contributed by atoms with Crippen LogP contribution in [-0.2, 0) is 33.2 Å². The van der Waals surface area contributed by atoms with Gasteiger partial charge >= 0.3 is 0 Å². The van der Waals surface area contributed by atoms with Crippen LogP contribution in [0.25, 0.3) is 0 Å². The predicted octanol–water partition coefficient (Wildman–Crippen LogP) is -0.533. The average molecular weight is 908 g/mol. The van der Waals surface area contributed by atoms with Gasteiger partial charge in [-0.15, -0.1) is 0 Å². The summed E-state index contributed by atoms with van der Waals surface area (Å²) in [5.41, 5.74) is 0. The number of hydrogen-bond acceptors (Lipinski definition) is 18. The molecule has 1 amide bonds. The van der Waals surface area contributed by atoms with Crippen LogP contribution in [-0.4, -0.2) is 193 Å². The van der Waals surface area contributed by atoms with Crippen LogP contribution < -0.4 is 5.32 Å². The fraction of sp³-hybridized carbons (Fsp3) is 0.841. The molecule has 0 aromatic heterocycles. The summed E-state index contributed by atoms with van der Waals surface area (Å²) in [5, 5.41) is 118. The third kappa shape index (κ3) is 17.6. The summed E-state index contributed by atoms with van der Waals surface area (Å²) in [7, 11) is 0. The highest BCUT2D eigenvalue weighted by molar-refractivity contribution is 5.76. The molecule has 17 unspecified atom stereocenters. The van der Waals surface area contributed by atoms with Gasteiger partial charge in [0.2, 0.25) is 5.91 Å². The number of allylic oxidation sites excluding steroid dienone is 5. The third-order valence-electron chi connectivity index (χ3n) is 11.4. The Hall–Kier alpha value is -1.99. The standard InChI is InChI=1S/C44H77NO18/c1-3-5-7-8-9-10-11-12-13-14-15-16-17-18-20-22-32(50)45-27(28(49)21-19-6-4-2)26-58-42-38(56)35(53)40(30(24-47)60-42)63-44-39(57)36(54)41(31(25-48)61-44)62-43-37(55)34(52)33(51)29(23-46)59-43/h9-10,12-13,19,21,27-31,33-44,46-49,51-57H,3-8,11,14-18,20,22-26H2,1-2H3,(H,45,50)/b10-9-,13-12-,21-19+. The van der Waals surface area contributed by atoms with E-state index in [0.717, 1.165) is 51.4 Å². The molecule has 366 valence electrons. The van der Waals surface area contributed by atoms with Crippen LogP contribution in [0.5, 0.6) is 0 Å². The molecule has 19 nitrogen and oxygen atoms in total. The van der Waals surface area contributed by atoms with Gasteiger partial charge in [-0.05, 0) is 44.9 Å². The number of carbonyl (C=O) groups excluding carboxylic acids is 1. The van der Waals surface area contributed by atoms with Gasteiger partial charge in [0.25, 0.3) is 0 Å². The molecule has 63 heavy (non-hydrogen) atoms. The second kappa shape index (κ2) is 30.3. The van der Waals surface area contributed by atoms with E-state index in [1.807, 2.05) is 6.92 Å². The van der Waals surface area contributed by atoms with Gasteiger partial charge in [-0.1, -0.05) is 88.8 Å². The molecule has 0 aliphatic carbocycles. The molecule has 0 aromatic carbocycles. The van der Waals surface area contributed by atoms with Crippen molar-refractivity contribution in [2.75, 3.05) is 26.4 Å². The van der Waals surface area contributed by atoms with Crippen molar-refractivity contribution < 1.29 is 89.4 Å². The summed E-state index contributed by atoms with van der Waals surface area (Å²) in [5.74, 6) is -0.306. The van der Waals surface area contributed by atoms with Gasteiger partial charge in [-0.3, -0.25) is 4.79 Å². The molecular formula is C44H77NO18.